The SMILES string of the molecule is CC/C=C\C/C=C\C/C=C\C/C=C\CCCCCCC(=O)OC(CO)COP(=O)(O)OCC(COC(=O)CCCCCCCCCCCCC)OC(=O)CCCCCC/C=C\C/C=C\C/C=C\C/C=C\CC. The van der Waals surface area contributed by atoms with Crippen LogP contribution in [0.15, 0.2) is 97.2 Å². The fourth-order valence-corrected chi connectivity index (χ4v) is 8.06. The highest BCUT2D eigenvalue weighted by molar-refractivity contribution is 7.47. The van der Waals surface area contributed by atoms with E-state index in [2.05, 4.69) is 118 Å². The van der Waals surface area contributed by atoms with Crippen molar-refractivity contribution >= 4 is 25.7 Å². The van der Waals surface area contributed by atoms with Crippen LogP contribution < -0.4 is 0 Å². The molecule has 0 aromatic rings. The first-order valence-corrected chi connectivity index (χ1v) is 29.6. The van der Waals surface area contributed by atoms with Crippen molar-refractivity contribution in [1.29, 1.82) is 0 Å². The van der Waals surface area contributed by atoms with Crippen molar-refractivity contribution in [3.8, 4) is 0 Å². The summed E-state index contributed by atoms with van der Waals surface area (Å²) >= 11 is 0. The molecule has 0 fully saturated rings. The van der Waals surface area contributed by atoms with Gasteiger partial charge in [0, 0.05) is 19.3 Å². The summed E-state index contributed by atoms with van der Waals surface area (Å²) < 4.78 is 39.4. The molecule has 2 N–H and O–H groups in total. The van der Waals surface area contributed by atoms with Crippen LogP contribution >= 0.6 is 7.82 Å². The Bertz CT molecular complexity index is 1580. The Labute approximate surface area is 438 Å². The van der Waals surface area contributed by atoms with Crippen LogP contribution in [0.3, 0.4) is 0 Å². The topological polar surface area (TPSA) is 155 Å². The molecule has 0 heterocycles. The second-order valence-corrected chi connectivity index (χ2v) is 19.8. The normalized spacial score (nSPS) is 14.1. The minimum absolute atomic E-state index is 0.135. The zero-order chi connectivity index (χ0) is 52.7. The fourth-order valence-electron chi connectivity index (χ4n) is 7.28. The third-order valence-corrected chi connectivity index (χ3v) is 12.5. The lowest BCUT2D eigenvalue weighted by Gasteiger charge is -2.21. The number of unbranched alkanes of at least 4 members (excludes halogenated alkanes) is 18. The van der Waals surface area contributed by atoms with Crippen molar-refractivity contribution in [2.45, 2.75) is 238 Å². The van der Waals surface area contributed by atoms with Crippen LogP contribution in [0.2, 0.25) is 0 Å². The van der Waals surface area contributed by atoms with Crippen molar-refractivity contribution < 1.29 is 52.2 Å². The van der Waals surface area contributed by atoms with E-state index >= 15 is 0 Å². The number of aliphatic hydroxyl groups is 1. The number of allylic oxidation sites excluding steroid dienone is 16. The van der Waals surface area contributed by atoms with Crippen molar-refractivity contribution in [2.24, 2.45) is 0 Å². The van der Waals surface area contributed by atoms with E-state index < -0.39 is 57.8 Å². The molecule has 3 unspecified atom stereocenters. The number of hydrogen-bond donors (Lipinski definition) is 2. The second-order valence-electron chi connectivity index (χ2n) is 18.3. The number of ether oxygens (including phenoxy) is 3. The van der Waals surface area contributed by atoms with Crippen LogP contribution in [-0.2, 0) is 42.2 Å². The first-order valence-electron chi connectivity index (χ1n) is 28.1. The van der Waals surface area contributed by atoms with Gasteiger partial charge in [-0.2, -0.15) is 0 Å². The predicted octanol–water partition coefficient (Wildman–Crippen LogP) is 16.5. The molecule has 0 aliphatic carbocycles. The summed E-state index contributed by atoms with van der Waals surface area (Å²) in [7, 11) is -4.76. The van der Waals surface area contributed by atoms with Gasteiger partial charge in [-0.15, -0.1) is 0 Å². The Balaban J connectivity index is 4.76. The maximum Gasteiger partial charge on any atom is 0.472 e. The van der Waals surface area contributed by atoms with Crippen LogP contribution in [0.4, 0.5) is 0 Å². The average molecular weight is 1030 g/mol. The molecule has 412 valence electrons. The van der Waals surface area contributed by atoms with Gasteiger partial charge in [0.05, 0.1) is 19.8 Å². The summed E-state index contributed by atoms with van der Waals surface area (Å²) in [6, 6.07) is 0. The number of hydrogen-bond acceptors (Lipinski definition) is 10. The highest BCUT2D eigenvalue weighted by Gasteiger charge is 2.28. The molecule has 0 bridgehead atoms. The van der Waals surface area contributed by atoms with Crippen LogP contribution in [0.1, 0.15) is 226 Å². The summed E-state index contributed by atoms with van der Waals surface area (Å²) in [6.07, 6.45) is 62.2. The molecule has 3 atom stereocenters. The van der Waals surface area contributed by atoms with Crippen LogP contribution in [-0.4, -0.2) is 66.5 Å². The highest BCUT2D eigenvalue weighted by atomic mass is 31.2. The van der Waals surface area contributed by atoms with Gasteiger partial charge >= 0.3 is 25.7 Å². The molecule has 0 rings (SSSR count). The van der Waals surface area contributed by atoms with E-state index in [4.69, 9.17) is 23.3 Å². The molecule has 0 aliphatic heterocycles. The summed E-state index contributed by atoms with van der Waals surface area (Å²) in [5.74, 6) is -1.52. The van der Waals surface area contributed by atoms with E-state index in [1.807, 2.05) is 0 Å². The molecule has 0 aliphatic rings. The van der Waals surface area contributed by atoms with E-state index in [1.54, 1.807) is 0 Å². The van der Waals surface area contributed by atoms with E-state index in [0.717, 1.165) is 122 Å². The molecule has 0 aromatic carbocycles. The van der Waals surface area contributed by atoms with E-state index in [-0.39, 0.29) is 25.9 Å². The molecule has 0 aromatic heterocycles. The molecule has 0 spiro atoms. The van der Waals surface area contributed by atoms with Gasteiger partial charge in [-0.05, 0) is 96.3 Å². The van der Waals surface area contributed by atoms with E-state index in [9.17, 15) is 28.9 Å². The zero-order valence-electron chi connectivity index (χ0n) is 45.4. The number of esters is 3. The van der Waals surface area contributed by atoms with Gasteiger partial charge in [-0.3, -0.25) is 23.4 Å². The van der Waals surface area contributed by atoms with Crippen LogP contribution in [0.5, 0.6) is 0 Å². The standard InChI is InChI=1S/C60H101O11P/c1-4-7-10-13-16-19-22-24-26-28-30-32-35-38-41-44-47-50-59(63)70-56(52-61)54-68-72(65,66)69-55-57(53-67-58(62)49-46-43-40-37-34-21-18-15-12-9-6-3)71-60(64)51-48-45-42-39-36-33-31-29-27-25-23-20-17-14-11-8-5-2/h7-8,10-11,16-17,19-20,24-27,30-33,56-57,61H,4-6,9,12-15,18,21-23,28-29,34-55H2,1-3H3,(H,65,66)/b10-7-,11-8-,19-16-,20-17-,26-24-,27-25-,32-30-,33-31-. The highest BCUT2D eigenvalue weighted by Crippen LogP contribution is 2.43. The Morgan fingerprint density at radius 1 is 0.403 bits per heavy atom. The minimum Gasteiger partial charge on any atom is -0.462 e. The van der Waals surface area contributed by atoms with E-state index in [1.165, 1.54) is 44.9 Å². The lowest BCUT2D eigenvalue weighted by molar-refractivity contribution is -0.161. The molecule has 11 nitrogen and oxygen atoms in total. The maximum atomic E-state index is 12.9. The number of carbonyl (C=O) groups excluding carboxylic acids is 3. The third-order valence-electron chi connectivity index (χ3n) is 11.5. The molecule has 72 heavy (non-hydrogen) atoms. The predicted molar refractivity (Wildman–Crippen MR) is 297 cm³/mol. The summed E-state index contributed by atoms with van der Waals surface area (Å²) in [5.41, 5.74) is 0. The summed E-state index contributed by atoms with van der Waals surface area (Å²) in [4.78, 5) is 48.5. The maximum absolute atomic E-state index is 12.9. The lowest BCUT2D eigenvalue weighted by atomic mass is 10.1. The zero-order valence-corrected chi connectivity index (χ0v) is 46.3. The lowest BCUT2D eigenvalue weighted by Crippen LogP contribution is -2.30. The number of carbonyl (C=O) groups is 3. The first kappa shape index (κ1) is 68.4. The number of phosphoric acid groups is 1. The third kappa shape index (κ3) is 51.3. The van der Waals surface area contributed by atoms with E-state index in [0.29, 0.717) is 19.3 Å². The monoisotopic (exact) mass is 1030 g/mol. The largest absolute Gasteiger partial charge is 0.472 e. The summed E-state index contributed by atoms with van der Waals surface area (Å²) in [5, 5.41) is 9.81. The molecule has 0 amide bonds. The number of phosphoric ester groups is 1. The second kappa shape index (κ2) is 53.7. The van der Waals surface area contributed by atoms with Gasteiger partial charge in [-0.25, -0.2) is 4.57 Å². The van der Waals surface area contributed by atoms with Crippen molar-refractivity contribution in [3.05, 3.63) is 97.2 Å². The minimum atomic E-state index is -4.76. The molecule has 0 radical (unpaired) electrons. The Kier molecular flexibility index (Phi) is 51.0. The van der Waals surface area contributed by atoms with Gasteiger partial charge in [0.2, 0.25) is 0 Å². The molecule has 0 saturated carbocycles. The van der Waals surface area contributed by atoms with Gasteiger partial charge in [0.15, 0.2) is 6.10 Å². The smallest absolute Gasteiger partial charge is 0.462 e. The van der Waals surface area contributed by atoms with Gasteiger partial charge < -0.3 is 24.2 Å². The molecule has 12 heteroatoms. The molecular formula is C60H101O11P. The van der Waals surface area contributed by atoms with Gasteiger partial charge in [0.1, 0.15) is 12.7 Å². The Morgan fingerprint density at radius 3 is 1.11 bits per heavy atom. The summed E-state index contributed by atoms with van der Waals surface area (Å²) in [6.45, 7) is 4.35. The van der Waals surface area contributed by atoms with Crippen molar-refractivity contribution in [2.75, 3.05) is 26.4 Å². The molecular weight excluding hydrogens is 928 g/mol. The van der Waals surface area contributed by atoms with Crippen molar-refractivity contribution in [3.63, 3.8) is 0 Å². The van der Waals surface area contributed by atoms with Crippen molar-refractivity contribution in [1.82, 2.24) is 0 Å². The number of rotatable bonds is 51. The van der Waals surface area contributed by atoms with Gasteiger partial charge in [0.25, 0.3) is 0 Å². The Hall–Kier alpha value is -3.60. The van der Waals surface area contributed by atoms with Crippen LogP contribution in [0, 0.1) is 0 Å². The fraction of sp³-hybridized carbons (Fsp3) is 0.683. The number of aliphatic hydroxyl groups excluding tert-OH is 1. The first-order chi connectivity index (χ1) is 35.2. The Morgan fingerprint density at radius 2 is 0.722 bits per heavy atom. The quantitative estimate of drug-likeness (QED) is 0.0197. The molecule has 0 saturated heterocycles. The average Bonchev–Trinajstić information content (AvgIpc) is 3.37. The van der Waals surface area contributed by atoms with Gasteiger partial charge in [-0.1, -0.05) is 208 Å². The van der Waals surface area contributed by atoms with Crippen LogP contribution in [0.25, 0.3) is 0 Å².